The number of nitrogens with one attached hydrogen (secondary N) is 1. The van der Waals surface area contributed by atoms with E-state index in [1.165, 1.54) is 6.07 Å². The van der Waals surface area contributed by atoms with Crippen molar-refractivity contribution in [2.45, 2.75) is 52.2 Å². The summed E-state index contributed by atoms with van der Waals surface area (Å²) < 4.78 is 34.2. The Morgan fingerprint density at radius 1 is 1.44 bits per heavy atom. The minimum atomic E-state index is -2.84. The SMILES string of the molecule is Cc1noc(C)c1CC(=O)N[C@@H]1CCCc2cc(OC(F)F)ccc21. The first-order valence-electron chi connectivity index (χ1n) is 8.22. The predicted octanol–water partition coefficient (Wildman–Crippen LogP) is 3.63. The van der Waals surface area contributed by atoms with Crippen LogP contribution in [-0.4, -0.2) is 17.7 Å². The minimum Gasteiger partial charge on any atom is -0.435 e. The van der Waals surface area contributed by atoms with E-state index in [1.54, 1.807) is 26.0 Å². The summed E-state index contributed by atoms with van der Waals surface area (Å²) in [7, 11) is 0. The molecule has 1 atom stereocenters. The standard InChI is InChI=1S/C18H20F2N2O3/c1-10-15(11(2)25-22-10)9-17(23)21-16-5-3-4-12-8-13(24-18(19)20)6-7-14(12)16/h6-8,16,18H,3-5,9H2,1-2H3,(H,21,23)/t16-/m1/s1. The molecule has 7 heteroatoms. The number of halogens is 2. The van der Waals surface area contributed by atoms with Crippen molar-refractivity contribution < 1.29 is 22.8 Å². The number of hydrogen-bond donors (Lipinski definition) is 1. The van der Waals surface area contributed by atoms with Gasteiger partial charge in [0.25, 0.3) is 0 Å². The Morgan fingerprint density at radius 2 is 2.24 bits per heavy atom. The summed E-state index contributed by atoms with van der Waals surface area (Å²) in [5.41, 5.74) is 3.41. The van der Waals surface area contributed by atoms with Gasteiger partial charge in [-0.15, -0.1) is 0 Å². The highest BCUT2D eigenvalue weighted by atomic mass is 19.3. The number of aryl methyl sites for hydroxylation is 3. The maximum Gasteiger partial charge on any atom is 0.387 e. The largest absolute Gasteiger partial charge is 0.435 e. The van der Waals surface area contributed by atoms with Gasteiger partial charge in [-0.05, 0) is 56.4 Å². The van der Waals surface area contributed by atoms with Gasteiger partial charge in [-0.1, -0.05) is 11.2 Å². The quantitative estimate of drug-likeness (QED) is 0.894. The van der Waals surface area contributed by atoms with Crippen LogP contribution >= 0.6 is 0 Å². The molecule has 1 N–H and O–H groups in total. The van der Waals surface area contributed by atoms with Crippen molar-refractivity contribution in [3.8, 4) is 5.75 Å². The molecule has 5 nitrogen and oxygen atoms in total. The summed E-state index contributed by atoms with van der Waals surface area (Å²) in [5, 5.41) is 6.89. The molecule has 1 amide bonds. The zero-order valence-corrected chi connectivity index (χ0v) is 14.1. The van der Waals surface area contributed by atoms with E-state index in [2.05, 4.69) is 15.2 Å². The van der Waals surface area contributed by atoms with E-state index in [-0.39, 0.29) is 24.1 Å². The molecule has 0 saturated heterocycles. The zero-order valence-electron chi connectivity index (χ0n) is 14.1. The van der Waals surface area contributed by atoms with Gasteiger partial charge in [0, 0.05) is 5.56 Å². The molecule has 3 rings (SSSR count). The number of hydrogen-bond acceptors (Lipinski definition) is 4. The van der Waals surface area contributed by atoms with Crippen molar-refractivity contribution >= 4 is 5.91 Å². The molecular weight excluding hydrogens is 330 g/mol. The molecule has 1 heterocycles. The maximum atomic E-state index is 12.4. The number of benzene rings is 1. The third-order valence-corrected chi connectivity index (χ3v) is 4.51. The topological polar surface area (TPSA) is 64.4 Å². The first kappa shape index (κ1) is 17.4. The lowest BCUT2D eigenvalue weighted by Gasteiger charge is -2.27. The summed E-state index contributed by atoms with van der Waals surface area (Å²) in [6.07, 6.45) is 2.68. The van der Waals surface area contributed by atoms with Crippen LogP contribution in [0.15, 0.2) is 22.7 Å². The van der Waals surface area contributed by atoms with E-state index in [1.807, 2.05) is 0 Å². The lowest BCUT2D eigenvalue weighted by atomic mass is 9.87. The van der Waals surface area contributed by atoms with Crippen LogP contribution in [0.4, 0.5) is 8.78 Å². The highest BCUT2D eigenvalue weighted by Gasteiger charge is 2.23. The molecule has 0 bridgehead atoms. The van der Waals surface area contributed by atoms with Gasteiger partial charge in [-0.3, -0.25) is 4.79 Å². The van der Waals surface area contributed by atoms with Crippen molar-refractivity contribution in [1.29, 1.82) is 0 Å². The molecule has 0 radical (unpaired) electrons. The van der Waals surface area contributed by atoms with Crippen LogP contribution in [0.3, 0.4) is 0 Å². The number of fused-ring (bicyclic) bond motifs is 1. The molecule has 2 aromatic rings. The monoisotopic (exact) mass is 350 g/mol. The molecule has 1 aromatic heterocycles. The second-order valence-electron chi connectivity index (χ2n) is 6.23. The van der Waals surface area contributed by atoms with Gasteiger partial charge in [-0.25, -0.2) is 0 Å². The molecule has 1 aromatic carbocycles. The Bertz CT molecular complexity index is 754. The average Bonchev–Trinajstić information content (AvgIpc) is 2.86. The first-order valence-corrected chi connectivity index (χ1v) is 8.22. The third kappa shape index (κ3) is 3.97. The number of alkyl halides is 2. The molecular formula is C18H20F2N2O3. The van der Waals surface area contributed by atoms with E-state index in [0.717, 1.165) is 36.0 Å². The Kier molecular flexibility index (Phi) is 5.01. The zero-order chi connectivity index (χ0) is 18.0. The second kappa shape index (κ2) is 7.21. The van der Waals surface area contributed by atoms with E-state index in [4.69, 9.17) is 4.52 Å². The van der Waals surface area contributed by atoms with E-state index in [9.17, 15) is 13.6 Å². The predicted molar refractivity (Wildman–Crippen MR) is 86.6 cm³/mol. The van der Waals surface area contributed by atoms with Crippen LogP contribution < -0.4 is 10.1 Å². The minimum absolute atomic E-state index is 0.111. The van der Waals surface area contributed by atoms with Gasteiger partial charge in [-0.2, -0.15) is 8.78 Å². The molecule has 0 aliphatic heterocycles. The van der Waals surface area contributed by atoms with Crippen LogP contribution in [0, 0.1) is 13.8 Å². The highest BCUT2D eigenvalue weighted by molar-refractivity contribution is 5.79. The Balaban J connectivity index is 1.71. The molecule has 1 aliphatic rings. The van der Waals surface area contributed by atoms with Gasteiger partial charge in [0.1, 0.15) is 11.5 Å². The first-order chi connectivity index (χ1) is 11.9. The lowest BCUT2D eigenvalue weighted by Crippen LogP contribution is -2.32. The molecule has 0 fully saturated rings. The molecule has 134 valence electrons. The summed E-state index contributed by atoms with van der Waals surface area (Å²) in [6.45, 7) is 0.745. The third-order valence-electron chi connectivity index (χ3n) is 4.51. The number of carbonyl (C=O) groups is 1. The van der Waals surface area contributed by atoms with E-state index < -0.39 is 6.61 Å². The van der Waals surface area contributed by atoms with Crippen LogP contribution in [-0.2, 0) is 17.6 Å². The van der Waals surface area contributed by atoms with Crippen LogP contribution in [0.5, 0.6) is 5.75 Å². The Morgan fingerprint density at radius 3 is 2.92 bits per heavy atom. The van der Waals surface area contributed by atoms with Crippen molar-refractivity contribution in [2.75, 3.05) is 0 Å². The maximum absolute atomic E-state index is 12.4. The Labute approximate surface area is 144 Å². The van der Waals surface area contributed by atoms with Gasteiger partial charge in [0.05, 0.1) is 18.2 Å². The fourth-order valence-corrected chi connectivity index (χ4v) is 3.28. The van der Waals surface area contributed by atoms with Crippen LogP contribution in [0.1, 0.15) is 47.0 Å². The summed E-state index contributed by atoms with van der Waals surface area (Å²) >= 11 is 0. The molecule has 25 heavy (non-hydrogen) atoms. The second-order valence-corrected chi connectivity index (χ2v) is 6.23. The van der Waals surface area contributed by atoms with Gasteiger partial charge < -0.3 is 14.6 Å². The fourth-order valence-electron chi connectivity index (χ4n) is 3.28. The summed E-state index contributed by atoms with van der Waals surface area (Å²) in [6, 6.07) is 4.78. The van der Waals surface area contributed by atoms with Crippen LogP contribution in [0.25, 0.3) is 0 Å². The number of aromatic nitrogens is 1. The number of nitrogens with zero attached hydrogens (tertiary/aromatic N) is 1. The van der Waals surface area contributed by atoms with Crippen molar-refractivity contribution in [1.82, 2.24) is 10.5 Å². The lowest BCUT2D eigenvalue weighted by molar-refractivity contribution is -0.121. The number of ether oxygens (including phenoxy) is 1. The number of rotatable bonds is 5. The van der Waals surface area contributed by atoms with Gasteiger partial charge >= 0.3 is 6.61 Å². The van der Waals surface area contributed by atoms with E-state index in [0.29, 0.717) is 11.5 Å². The molecule has 0 spiro atoms. The van der Waals surface area contributed by atoms with Crippen molar-refractivity contribution in [3.63, 3.8) is 0 Å². The molecule has 0 unspecified atom stereocenters. The van der Waals surface area contributed by atoms with Crippen LogP contribution in [0.2, 0.25) is 0 Å². The summed E-state index contributed by atoms with van der Waals surface area (Å²) in [5.74, 6) is 0.682. The molecule has 1 aliphatic carbocycles. The van der Waals surface area contributed by atoms with Crippen molar-refractivity contribution in [2.24, 2.45) is 0 Å². The van der Waals surface area contributed by atoms with Crippen molar-refractivity contribution in [3.05, 3.63) is 46.3 Å². The van der Waals surface area contributed by atoms with Gasteiger partial charge in [0.15, 0.2) is 0 Å². The smallest absolute Gasteiger partial charge is 0.387 e. The molecule has 0 saturated carbocycles. The van der Waals surface area contributed by atoms with Gasteiger partial charge in [0.2, 0.25) is 5.91 Å². The number of amides is 1. The normalized spacial score (nSPS) is 16.6. The van der Waals surface area contributed by atoms with E-state index >= 15 is 0 Å². The highest BCUT2D eigenvalue weighted by Crippen LogP contribution is 2.32. The number of carbonyl (C=O) groups excluding carboxylic acids is 1. The Hall–Kier alpha value is -2.44. The average molecular weight is 350 g/mol. The fraction of sp³-hybridized carbons (Fsp3) is 0.444. The summed E-state index contributed by atoms with van der Waals surface area (Å²) in [4.78, 5) is 12.4.